The van der Waals surface area contributed by atoms with Crippen LogP contribution >= 0.6 is 11.6 Å². The van der Waals surface area contributed by atoms with Gasteiger partial charge < -0.3 is 14.2 Å². The van der Waals surface area contributed by atoms with Crippen LogP contribution in [0.3, 0.4) is 0 Å². The highest BCUT2D eigenvalue weighted by molar-refractivity contribution is 6.21. The zero-order valence-electron chi connectivity index (χ0n) is 11.9. The summed E-state index contributed by atoms with van der Waals surface area (Å²) in [4.78, 5) is 0. The lowest BCUT2D eigenvalue weighted by atomic mass is 9.91. The topological polar surface area (TPSA) is 45.5 Å². The summed E-state index contributed by atoms with van der Waals surface area (Å²) in [6.07, 6.45) is 0.726. The van der Waals surface area contributed by atoms with Gasteiger partial charge in [0, 0.05) is 20.6 Å². The lowest BCUT2D eigenvalue weighted by Crippen LogP contribution is -2.53. The Kier molecular flexibility index (Phi) is 4.71. The molecule has 0 spiro atoms. The van der Waals surface area contributed by atoms with Crippen LogP contribution < -0.4 is 4.74 Å². The van der Waals surface area contributed by atoms with Crippen molar-refractivity contribution in [3.05, 3.63) is 11.4 Å². The zero-order valence-corrected chi connectivity index (χ0v) is 12.6. The molecule has 19 heavy (non-hydrogen) atoms. The van der Waals surface area contributed by atoms with Gasteiger partial charge in [0.05, 0.1) is 24.3 Å². The molecular weight excluding hydrogens is 268 g/mol. The minimum atomic E-state index is -0.0733. The van der Waals surface area contributed by atoms with Gasteiger partial charge in [0.1, 0.15) is 17.9 Å². The molecule has 2 rings (SSSR count). The summed E-state index contributed by atoms with van der Waals surface area (Å²) < 4.78 is 18.5. The maximum absolute atomic E-state index is 6.17. The van der Waals surface area contributed by atoms with Crippen LogP contribution in [0.25, 0.3) is 0 Å². The van der Waals surface area contributed by atoms with E-state index in [1.54, 1.807) is 7.11 Å². The SMILES string of the molecule is COCCOC1C(Cl)CC1Oc1c(C)nn(C)c1C. The second-order valence-corrected chi connectivity index (χ2v) is 5.42. The number of aryl methyl sites for hydroxylation is 2. The standard InChI is InChI=1S/C13H21ClN2O3/c1-8-12(9(2)16(3)15-8)19-11-7-10(14)13(11)18-6-5-17-4/h10-11,13H,5-7H2,1-4H3. The Labute approximate surface area is 118 Å². The van der Waals surface area contributed by atoms with E-state index in [0.29, 0.717) is 13.2 Å². The lowest BCUT2D eigenvalue weighted by molar-refractivity contribution is -0.0901. The zero-order chi connectivity index (χ0) is 14.0. The maximum Gasteiger partial charge on any atom is 0.163 e. The van der Waals surface area contributed by atoms with Crippen LogP contribution in [0.5, 0.6) is 5.75 Å². The fourth-order valence-electron chi connectivity index (χ4n) is 2.20. The number of aromatic nitrogens is 2. The predicted molar refractivity (Wildman–Crippen MR) is 73.0 cm³/mol. The van der Waals surface area contributed by atoms with Crippen LogP contribution in [0.2, 0.25) is 0 Å². The van der Waals surface area contributed by atoms with Crippen molar-refractivity contribution in [3.63, 3.8) is 0 Å². The van der Waals surface area contributed by atoms with E-state index in [0.717, 1.165) is 23.6 Å². The molecular formula is C13H21ClN2O3. The summed E-state index contributed by atoms with van der Waals surface area (Å²) in [5.41, 5.74) is 1.92. The van der Waals surface area contributed by atoms with E-state index in [2.05, 4.69) is 5.10 Å². The summed E-state index contributed by atoms with van der Waals surface area (Å²) >= 11 is 6.17. The van der Waals surface area contributed by atoms with Crippen molar-refractivity contribution in [2.75, 3.05) is 20.3 Å². The molecule has 6 heteroatoms. The molecule has 1 fully saturated rings. The molecule has 0 bridgehead atoms. The van der Waals surface area contributed by atoms with Gasteiger partial charge in [-0.3, -0.25) is 4.68 Å². The number of hydrogen-bond donors (Lipinski definition) is 0. The first-order chi connectivity index (χ1) is 9.04. The summed E-state index contributed by atoms with van der Waals surface area (Å²) in [6.45, 7) is 5.04. The smallest absolute Gasteiger partial charge is 0.163 e. The first-order valence-electron chi connectivity index (χ1n) is 6.46. The van der Waals surface area contributed by atoms with E-state index in [1.165, 1.54) is 0 Å². The van der Waals surface area contributed by atoms with Crippen molar-refractivity contribution < 1.29 is 14.2 Å². The highest BCUT2D eigenvalue weighted by Crippen LogP contribution is 2.34. The Hall–Kier alpha value is -0.780. The molecule has 0 aliphatic heterocycles. The highest BCUT2D eigenvalue weighted by atomic mass is 35.5. The van der Waals surface area contributed by atoms with Crippen LogP contribution in [0.1, 0.15) is 17.8 Å². The van der Waals surface area contributed by atoms with E-state index >= 15 is 0 Å². The van der Waals surface area contributed by atoms with E-state index in [4.69, 9.17) is 25.8 Å². The molecule has 0 amide bonds. The molecule has 1 heterocycles. The van der Waals surface area contributed by atoms with Gasteiger partial charge in [-0.25, -0.2) is 0 Å². The third kappa shape index (κ3) is 3.04. The van der Waals surface area contributed by atoms with Crippen molar-refractivity contribution in [2.45, 2.75) is 37.9 Å². The lowest BCUT2D eigenvalue weighted by Gasteiger charge is -2.40. The summed E-state index contributed by atoms with van der Waals surface area (Å²) in [6, 6.07) is 0. The number of halogens is 1. The van der Waals surface area contributed by atoms with E-state index < -0.39 is 0 Å². The molecule has 3 atom stereocenters. The first kappa shape index (κ1) is 14.6. The number of methoxy groups -OCH3 is 1. The van der Waals surface area contributed by atoms with Crippen molar-refractivity contribution in [2.24, 2.45) is 7.05 Å². The number of hydrogen-bond acceptors (Lipinski definition) is 4. The second-order valence-electron chi connectivity index (χ2n) is 4.86. The number of alkyl halides is 1. The Morgan fingerprint density at radius 2 is 2.11 bits per heavy atom. The van der Waals surface area contributed by atoms with Crippen LogP contribution in [-0.4, -0.2) is 47.7 Å². The molecule has 5 nitrogen and oxygen atoms in total. The maximum atomic E-state index is 6.17. The third-order valence-electron chi connectivity index (χ3n) is 3.49. The molecule has 1 saturated carbocycles. The van der Waals surface area contributed by atoms with Crippen LogP contribution in [0.15, 0.2) is 0 Å². The van der Waals surface area contributed by atoms with Gasteiger partial charge in [0.15, 0.2) is 5.75 Å². The van der Waals surface area contributed by atoms with E-state index in [9.17, 15) is 0 Å². The van der Waals surface area contributed by atoms with Crippen LogP contribution in [0, 0.1) is 13.8 Å². The molecule has 0 radical (unpaired) electrons. The number of rotatable bonds is 6. The van der Waals surface area contributed by atoms with Crippen molar-refractivity contribution in [3.8, 4) is 5.75 Å². The van der Waals surface area contributed by atoms with Crippen LogP contribution in [0.4, 0.5) is 0 Å². The van der Waals surface area contributed by atoms with Gasteiger partial charge in [0.25, 0.3) is 0 Å². The quantitative estimate of drug-likeness (QED) is 0.592. The third-order valence-corrected chi connectivity index (χ3v) is 3.92. The number of ether oxygens (including phenoxy) is 3. The minimum Gasteiger partial charge on any atom is -0.484 e. The monoisotopic (exact) mass is 288 g/mol. The Bertz CT molecular complexity index is 436. The molecule has 0 aromatic carbocycles. The van der Waals surface area contributed by atoms with Gasteiger partial charge in [-0.1, -0.05) is 0 Å². The minimum absolute atomic E-state index is 0.000885. The second kappa shape index (κ2) is 6.11. The molecule has 1 aliphatic rings. The van der Waals surface area contributed by atoms with Gasteiger partial charge in [0.2, 0.25) is 0 Å². The van der Waals surface area contributed by atoms with Gasteiger partial charge >= 0.3 is 0 Å². The summed E-state index contributed by atoms with van der Waals surface area (Å²) in [5, 5.41) is 4.35. The Balaban J connectivity index is 1.95. The molecule has 1 aromatic rings. The Morgan fingerprint density at radius 3 is 2.63 bits per heavy atom. The van der Waals surface area contributed by atoms with Gasteiger partial charge in [-0.15, -0.1) is 11.6 Å². The summed E-state index contributed by atoms with van der Waals surface area (Å²) in [7, 11) is 3.56. The van der Waals surface area contributed by atoms with Crippen molar-refractivity contribution in [1.82, 2.24) is 9.78 Å². The van der Waals surface area contributed by atoms with Crippen molar-refractivity contribution >= 4 is 11.6 Å². The molecule has 1 aromatic heterocycles. The summed E-state index contributed by atoms with van der Waals surface area (Å²) in [5.74, 6) is 0.844. The molecule has 1 aliphatic carbocycles. The fraction of sp³-hybridized carbons (Fsp3) is 0.769. The van der Waals surface area contributed by atoms with Gasteiger partial charge in [-0.05, 0) is 13.8 Å². The highest BCUT2D eigenvalue weighted by Gasteiger charge is 2.43. The van der Waals surface area contributed by atoms with Crippen LogP contribution in [-0.2, 0) is 16.5 Å². The predicted octanol–water partition coefficient (Wildman–Crippen LogP) is 1.83. The van der Waals surface area contributed by atoms with E-state index in [-0.39, 0.29) is 17.6 Å². The van der Waals surface area contributed by atoms with Gasteiger partial charge in [-0.2, -0.15) is 5.10 Å². The Morgan fingerprint density at radius 1 is 1.37 bits per heavy atom. The van der Waals surface area contributed by atoms with E-state index in [1.807, 2.05) is 25.6 Å². The average Bonchev–Trinajstić information content (AvgIpc) is 2.60. The molecule has 3 unspecified atom stereocenters. The fourth-order valence-corrected chi connectivity index (χ4v) is 2.61. The first-order valence-corrected chi connectivity index (χ1v) is 6.89. The molecule has 0 saturated heterocycles. The normalized spacial score (nSPS) is 26.3. The van der Waals surface area contributed by atoms with Crippen molar-refractivity contribution in [1.29, 1.82) is 0 Å². The largest absolute Gasteiger partial charge is 0.484 e. The number of nitrogens with zero attached hydrogens (tertiary/aromatic N) is 2. The molecule has 108 valence electrons. The average molecular weight is 289 g/mol. The molecule has 0 N–H and O–H groups in total.